The summed E-state index contributed by atoms with van der Waals surface area (Å²) in [6, 6.07) is 8.26. The fourth-order valence-electron chi connectivity index (χ4n) is 2.52. The molecule has 1 saturated heterocycles. The van der Waals surface area contributed by atoms with Crippen molar-refractivity contribution in [3.05, 3.63) is 35.4 Å². The smallest absolute Gasteiger partial charge is 0.223 e. The Hall–Kier alpha value is -1.79. The van der Waals surface area contributed by atoms with E-state index in [1.807, 2.05) is 0 Å². The summed E-state index contributed by atoms with van der Waals surface area (Å²) < 4.78 is 0. The number of carbonyl (C=O) groups is 1. The Labute approximate surface area is 121 Å². The first-order valence-corrected chi connectivity index (χ1v) is 7.18. The molecule has 1 aromatic carbocycles. The summed E-state index contributed by atoms with van der Waals surface area (Å²) in [7, 11) is 0. The molecule has 0 bridgehead atoms. The molecule has 1 aromatic rings. The number of nitrogens with one attached hydrogen (secondary N) is 1. The van der Waals surface area contributed by atoms with Gasteiger partial charge in [0, 0.05) is 12.5 Å². The second-order valence-electron chi connectivity index (χ2n) is 5.46. The normalized spacial score (nSPS) is 16.6. The molecule has 1 N–H and O–H groups in total. The van der Waals surface area contributed by atoms with Crippen LogP contribution in [0, 0.1) is 25.2 Å². The standard InChI is InChI=1S/C17H22N2O/c1-3-10-19-11-8-16(9-12-19)17(20)18-13-15-6-4-14(2)5-7-15/h1,4-7,16H,8-13H2,2H3,(H,18,20). The molecule has 1 fully saturated rings. The highest BCUT2D eigenvalue weighted by Crippen LogP contribution is 2.17. The van der Waals surface area contributed by atoms with Gasteiger partial charge in [-0.2, -0.15) is 0 Å². The molecule has 1 amide bonds. The third kappa shape index (κ3) is 4.11. The van der Waals surface area contributed by atoms with Crippen molar-refractivity contribution in [3.63, 3.8) is 0 Å². The van der Waals surface area contributed by atoms with Gasteiger partial charge in [-0.15, -0.1) is 6.42 Å². The first-order chi connectivity index (χ1) is 9.69. The highest BCUT2D eigenvalue weighted by atomic mass is 16.1. The van der Waals surface area contributed by atoms with E-state index < -0.39 is 0 Å². The summed E-state index contributed by atoms with van der Waals surface area (Å²) in [6.45, 7) is 5.22. The maximum atomic E-state index is 12.1. The van der Waals surface area contributed by atoms with Crippen molar-refractivity contribution in [2.24, 2.45) is 5.92 Å². The Morgan fingerprint density at radius 3 is 2.60 bits per heavy atom. The number of hydrogen-bond acceptors (Lipinski definition) is 2. The van der Waals surface area contributed by atoms with Gasteiger partial charge in [-0.1, -0.05) is 35.7 Å². The number of aryl methyl sites for hydroxylation is 1. The van der Waals surface area contributed by atoms with Crippen molar-refractivity contribution in [1.82, 2.24) is 10.2 Å². The van der Waals surface area contributed by atoms with Gasteiger partial charge in [0.15, 0.2) is 0 Å². The number of rotatable bonds is 4. The van der Waals surface area contributed by atoms with Crippen LogP contribution in [0.4, 0.5) is 0 Å². The highest BCUT2D eigenvalue weighted by molar-refractivity contribution is 5.78. The molecule has 3 nitrogen and oxygen atoms in total. The van der Waals surface area contributed by atoms with Crippen LogP contribution in [0.1, 0.15) is 24.0 Å². The molecule has 3 heteroatoms. The quantitative estimate of drug-likeness (QED) is 0.848. The van der Waals surface area contributed by atoms with Crippen molar-refractivity contribution in [2.75, 3.05) is 19.6 Å². The Balaban J connectivity index is 1.76. The lowest BCUT2D eigenvalue weighted by atomic mass is 9.96. The Kier molecular flexibility index (Phi) is 5.20. The molecule has 0 atom stereocenters. The van der Waals surface area contributed by atoms with Crippen LogP contribution in [0.25, 0.3) is 0 Å². The number of hydrogen-bond donors (Lipinski definition) is 1. The molecule has 0 aliphatic carbocycles. The summed E-state index contributed by atoms with van der Waals surface area (Å²) in [5.41, 5.74) is 2.38. The minimum Gasteiger partial charge on any atom is -0.352 e. The number of likely N-dealkylation sites (tertiary alicyclic amines) is 1. The first-order valence-electron chi connectivity index (χ1n) is 7.18. The number of amides is 1. The summed E-state index contributed by atoms with van der Waals surface area (Å²) >= 11 is 0. The van der Waals surface area contributed by atoms with Crippen LogP contribution >= 0.6 is 0 Å². The van der Waals surface area contributed by atoms with Gasteiger partial charge in [0.1, 0.15) is 0 Å². The summed E-state index contributed by atoms with van der Waals surface area (Å²) in [5.74, 6) is 2.96. The SMILES string of the molecule is C#CCN1CCC(C(=O)NCc2ccc(C)cc2)CC1. The van der Waals surface area contributed by atoms with E-state index in [2.05, 4.69) is 47.3 Å². The Morgan fingerprint density at radius 1 is 1.35 bits per heavy atom. The van der Waals surface area contributed by atoms with Gasteiger partial charge < -0.3 is 5.32 Å². The van der Waals surface area contributed by atoms with Crippen LogP contribution < -0.4 is 5.32 Å². The molecular formula is C17H22N2O. The van der Waals surface area contributed by atoms with Gasteiger partial charge in [-0.25, -0.2) is 0 Å². The van der Waals surface area contributed by atoms with Gasteiger partial charge in [-0.3, -0.25) is 9.69 Å². The third-order valence-electron chi connectivity index (χ3n) is 3.86. The molecule has 2 rings (SSSR count). The van der Waals surface area contributed by atoms with E-state index in [9.17, 15) is 4.79 Å². The molecule has 0 spiro atoms. The van der Waals surface area contributed by atoms with E-state index >= 15 is 0 Å². The molecule has 1 aliphatic heterocycles. The number of nitrogens with zero attached hydrogens (tertiary/aromatic N) is 1. The Bertz CT molecular complexity index is 479. The van der Waals surface area contributed by atoms with Crippen LogP contribution in [0.5, 0.6) is 0 Å². The van der Waals surface area contributed by atoms with Crippen LogP contribution in [-0.2, 0) is 11.3 Å². The second-order valence-corrected chi connectivity index (χ2v) is 5.46. The highest BCUT2D eigenvalue weighted by Gasteiger charge is 2.24. The molecule has 20 heavy (non-hydrogen) atoms. The summed E-state index contributed by atoms with van der Waals surface area (Å²) in [4.78, 5) is 14.4. The van der Waals surface area contributed by atoms with E-state index in [-0.39, 0.29) is 11.8 Å². The lowest BCUT2D eigenvalue weighted by Crippen LogP contribution is -2.40. The van der Waals surface area contributed by atoms with E-state index in [1.165, 1.54) is 5.56 Å². The summed E-state index contributed by atoms with van der Waals surface area (Å²) in [5, 5.41) is 3.04. The lowest BCUT2D eigenvalue weighted by molar-refractivity contribution is -0.126. The fourth-order valence-corrected chi connectivity index (χ4v) is 2.52. The predicted octanol–water partition coefficient (Wildman–Crippen LogP) is 1.96. The van der Waals surface area contributed by atoms with Crippen molar-refractivity contribution in [3.8, 4) is 12.3 Å². The van der Waals surface area contributed by atoms with Crippen molar-refractivity contribution >= 4 is 5.91 Å². The van der Waals surface area contributed by atoms with Gasteiger partial charge >= 0.3 is 0 Å². The van der Waals surface area contributed by atoms with E-state index in [4.69, 9.17) is 6.42 Å². The lowest BCUT2D eigenvalue weighted by Gasteiger charge is -2.29. The molecule has 0 aromatic heterocycles. The summed E-state index contributed by atoms with van der Waals surface area (Å²) in [6.07, 6.45) is 7.11. The monoisotopic (exact) mass is 270 g/mol. The maximum Gasteiger partial charge on any atom is 0.223 e. The topological polar surface area (TPSA) is 32.3 Å². The van der Waals surface area contributed by atoms with Crippen molar-refractivity contribution in [2.45, 2.75) is 26.3 Å². The fraction of sp³-hybridized carbons (Fsp3) is 0.471. The zero-order chi connectivity index (χ0) is 14.4. The van der Waals surface area contributed by atoms with Gasteiger partial charge in [-0.05, 0) is 38.4 Å². The van der Waals surface area contributed by atoms with Crippen LogP contribution in [0.3, 0.4) is 0 Å². The molecule has 106 valence electrons. The van der Waals surface area contributed by atoms with Gasteiger partial charge in [0.05, 0.1) is 6.54 Å². The number of terminal acetylenes is 1. The first kappa shape index (κ1) is 14.6. The molecule has 1 aliphatic rings. The molecule has 1 heterocycles. The zero-order valence-electron chi connectivity index (χ0n) is 12.1. The maximum absolute atomic E-state index is 12.1. The largest absolute Gasteiger partial charge is 0.352 e. The van der Waals surface area contributed by atoms with Gasteiger partial charge in [0.25, 0.3) is 0 Å². The van der Waals surface area contributed by atoms with Crippen LogP contribution in [0.2, 0.25) is 0 Å². The molecule has 0 radical (unpaired) electrons. The van der Waals surface area contributed by atoms with Crippen LogP contribution in [0.15, 0.2) is 24.3 Å². The van der Waals surface area contributed by atoms with Crippen LogP contribution in [-0.4, -0.2) is 30.4 Å². The second kappa shape index (κ2) is 7.12. The number of benzene rings is 1. The van der Waals surface area contributed by atoms with Crippen molar-refractivity contribution in [1.29, 1.82) is 0 Å². The number of carbonyl (C=O) groups excluding carboxylic acids is 1. The molecular weight excluding hydrogens is 248 g/mol. The Morgan fingerprint density at radius 2 is 2.00 bits per heavy atom. The number of piperidine rings is 1. The minimum atomic E-state index is 0.134. The zero-order valence-corrected chi connectivity index (χ0v) is 12.1. The van der Waals surface area contributed by atoms with E-state index in [1.54, 1.807) is 0 Å². The van der Waals surface area contributed by atoms with E-state index in [0.29, 0.717) is 13.1 Å². The molecule has 0 saturated carbocycles. The predicted molar refractivity (Wildman–Crippen MR) is 81.0 cm³/mol. The van der Waals surface area contributed by atoms with Crippen molar-refractivity contribution < 1.29 is 4.79 Å². The minimum absolute atomic E-state index is 0.134. The van der Waals surface area contributed by atoms with Gasteiger partial charge in [0.2, 0.25) is 5.91 Å². The van der Waals surface area contributed by atoms with E-state index in [0.717, 1.165) is 31.5 Å². The third-order valence-corrected chi connectivity index (χ3v) is 3.86. The average Bonchev–Trinajstić information content (AvgIpc) is 2.47. The average molecular weight is 270 g/mol. The molecule has 0 unspecified atom stereocenters.